The molecule has 2 aromatic carbocycles. The van der Waals surface area contributed by atoms with Crippen molar-refractivity contribution < 1.29 is 9.59 Å². The molecule has 0 bridgehead atoms. The quantitative estimate of drug-likeness (QED) is 0.210. The van der Waals surface area contributed by atoms with E-state index in [1.54, 1.807) is 17.1 Å². The summed E-state index contributed by atoms with van der Waals surface area (Å²) in [5.41, 5.74) is 17.9. The summed E-state index contributed by atoms with van der Waals surface area (Å²) in [6.07, 6.45) is 3.84. The van der Waals surface area contributed by atoms with Crippen LogP contribution in [0.15, 0.2) is 90.2 Å². The van der Waals surface area contributed by atoms with Crippen molar-refractivity contribution in [3.63, 3.8) is 0 Å². The summed E-state index contributed by atoms with van der Waals surface area (Å²) in [6.45, 7) is 4.50. The van der Waals surface area contributed by atoms with Crippen molar-refractivity contribution in [2.24, 2.45) is 17.8 Å². The lowest BCUT2D eigenvalue weighted by molar-refractivity contribution is -0.122. The van der Waals surface area contributed by atoms with Gasteiger partial charge >= 0.3 is 0 Å². The number of fused-ring (bicyclic) bond motifs is 2. The maximum atomic E-state index is 12.2. The number of nitrogen functional groups attached to an aromatic ring is 1. The second kappa shape index (κ2) is 13.8. The predicted octanol–water partition coefficient (Wildman–Crippen LogP) is 3.69. The topological polar surface area (TPSA) is 166 Å². The molecule has 0 saturated heterocycles. The molecule has 4 heterocycles. The highest BCUT2D eigenvalue weighted by atomic mass is 16.2. The van der Waals surface area contributed by atoms with E-state index in [2.05, 4.69) is 30.7 Å². The fraction of sp³-hybridized carbons (Fsp3) is 0.235. The van der Waals surface area contributed by atoms with Gasteiger partial charge in [0.15, 0.2) is 5.82 Å². The number of nitrogens with zero attached hydrogens (tertiary/aromatic N) is 5. The van der Waals surface area contributed by atoms with E-state index in [1.165, 1.54) is 0 Å². The molecule has 0 spiro atoms. The van der Waals surface area contributed by atoms with Crippen LogP contribution in [0, 0.1) is 0 Å². The van der Waals surface area contributed by atoms with Crippen LogP contribution in [-0.4, -0.2) is 37.4 Å². The Labute approximate surface area is 261 Å². The first-order valence-corrected chi connectivity index (χ1v) is 14.7. The molecule has 0 saturated carbocycles. The van der Waals surface area contributed by atoms with Crippen molar-refractivity contribution in [1.29, 1.82) is 0 Å². The van der Waals surface area contributed by atoms with Crippen LogP contribution in [0.4, 0.5) is 5.82 Å². The Hall–Kier alpha value is -5.58. The van der Waals surface area contributed by atoms with Crippen molar-refractivity contribution in [2.45, 2.75) is 45.3 Å². The Kier molecular flexibility index (Phi) is 9.47. The number of benzene rings is 2. The normalized spacial score (nSPS) is 13.2. The largest absolute Gasteiger partial charge is 0.383 e. The predicted molar refractivity (Wildman–Crippen MR) is 175 cm³/mol. The minimum Gasteiger partial charge on any atom is -0.383 e. The molecule has 230 valence electrons. The van der Waals surface area contributed by atoms with Crippen LogP contribution in [-0.2, 0) is 36.0 Å². The minimum absolute atomic E-state index is 0.0258. The van der Waals surface area contributed by atoms with Crippen LogP contribution in [0.25, 0.3) is 10.9 Å². The molecular weight excluding hydrogens is 566 g/mol. The van der Waals surface area contributed by atoms with Gasteiger partial charge in [0.25, 0.3) is 0 Å². The molecule has 2 amide bonds. The van der Waals surface area contributed by atoms with Crippen LogP contribution < -0.4 is 22.1 Å². The third-order valence-electron chi connectivity index (χ3n) is 7.60. The first kappa shape index (κ1) is 30.9. The highest BCUT2D eigenvalue weighted by Gasteiger charge is 2.17. The maximum absolute atomic E-state index is 12.2. The molecule has 1 aliphatic heterocycles. The Morgan fingerprint density at radius 3 is 1.93 bits per heavy atom. The van der Waals surface area contributed by atoms with Gasteiger partial charge in [-0.15, -0.1) is 0 Å². The summed E-state index contributed by atoms with van der Waals surface area (Å²) >= 11 is 0. The second-order valence-electron chi connectivity index (χ2n) is 11.0. The first-order valence-electron chi connectivity index (χ1n) is 14.7. The number of carbonyl (C=O) groups is 2. The lowest BCUT2D eigenvalue weighted by Gasteiger charge is -2.14. The molecule has 6 rings (SSSR count). The fourth-order valence-electron chi connectivity index (χ4n) is 5.14. The average Bonchev–Trinajstić information content (AvgIpc) is 3.55. The molecule has 6 N–H and O–H groups in total. The molecule has 0 aliphatic carbocycles. The molecule has 2 atom stereocenters. The van der Waals surface area contributed by atoms with Gasteiger partial charge in [0.05, 0.1) is 53.8 Å². The smallest absolute Gasteiger partial charge is 0.226 e. The van der Waals surface area contributed by atoms with Gasteiger partial charge in [-0.05, 0) is 42.7 Å². The summed E-state index contributed by atoms with van der Waals surface area (Å²) in [4.78, 5) is 37.2. The molecule has 3 aromatic heterocycles. The molecule has 5 aromatic rings. The van der Waals surface area contributed by atoms with E-state index in [4.69, 9.17) is 11.5 Å². The number of hydrogen-bond acceptors (Lipinski definition) is 8. The molecule has 11 heteroatoms. The number of carbonyl (C=O) groups excluding carboxylic acids is 2. The third kappa shape index (κ3) is 7.69. The average molecular weight is 604 g/mol. The summed E-state index contributed by atoms with van der Waals surface area (Å²) < 4.78 is 1.69. The zero-order valence-corrected chi connectivity index (χ0v) is 25.6. The van der Waals surface area contributed by atoms with Gasteiger partial charge in [-0.25, -0.2) is 0 Å². The number of pyridine rings is 2. The van der Waals surface area contributed by atoms with Gasteiger partial charge in [-0.1, -0.05) is 60.7 Å². The van der Waals surface area contributed by atoms with Gasteiger partial charge in [0.2, 0.25) is 11.8 Å². The molecule has 0 unspecified atom stereocenters. The van der Waals surface area contributed by atoms with Gasteiger partial charge in [0, 0.05) is 25.0 Å². The Bertz CT molecular complexity index is 1840. The number of amidine groups is 1. The van der Waals surface area contributed by atoms with Gasteiger partial charge in [0.1, 0.15) is 5.84 Å². The maximum Gasteiger partial charge on any atom is 0.226 e. The monoisotopic (exact) mass is 603 g/mol. The Balaban J connectivity index is 0.000000178. The van der Waals surface area contributed by atoms with Gasteiger partial charge < -0.3 is 22.1 Å². The summed E-state index contributed by atoms with van der Waals surface area (Å²) in [5.74, 6) is 0.860. The molecular formula is C34H37N9O2. The van der Waals surface area contributed by atoms with Gasteiger partial charge in [-0.3, -0.25) is 29.2 Å². The fourth-order valence-corrected chi connectivity index (χ4v) is 5.14. The van der Waals surface area contributed by atoms with E-state index in [1.807, 2.05) is 93.7 Å². The van der Waals surface area contributed by atoms with E-state index in [9.17, 15) is 9.59 Å². The van der Waals surface area contributed by atoms with Crippen LogP contribution >= 0.6 is 0 Å². The molecule has 11 nitrogen and oxygen atoms in total. The zero-order valence-electron chi connectivity index (χ0n) is 25.6. The highest BCUT2D eigenvalue weighted by Crippen LogP contribution is 2.20. The number of aryl methyl sites for hydroxylation is 1. The van der Waals surface area contributed by atoms with E-state index in [0.717, 1.165) is 38.9 Å². The minimum atomic E-state index is -0.0663. The van der Waals surface area contributed by atoms with Crippen molar-refractivity contribution >= 4 is 34.4 Å². The number of amides is 2. The standard InChI is InChI=1S/C17H19N5O.C17H18N4O/c1-11(12-6-4-3-5-7-12)20-16(23)9-13-8-15-14(10-19-13)17(18)21-22(15)2;1-11(12-5-3-2-4-6-12)21-16(22)8-14-7-13-9-20-17(18)15(13)10-19-14/h3-8,10-11H,9H2,1-2H3,(H2,18,21)(H,20,23);2-7,10-11H,8-9H2,1H3,(H2,18,20)(H,21,22)/t2*11-/m11/s1. The van der Waals surface area contributed by atoms with Crippen molar-refractivity contribution in [3.05, 3.63) is 119 Å². The first-order chi connectivity index (χ1) is 21.7. The summed E-state index contributed by atoms with van der Waals surface area (Å²) in [5, 5.41) is 10.9. The lowest BCUT2D eigenvalue weighted by Crippen LogP contribution is -2.28. The van der Waals surface area contributed by atoms with Crippen LogP contribution in [0.1, 0.15) is 59.6 Å². The van der Waals surface area contributed by atoms with Crippen molar-refractivity contribution in [2.75, 3.05) is 5.73 Å². The lowest BCUT2D eigenvalue weighted by atomic mass is 10.1. The zero-order chi connectivity index (χ0) is 31.9. The van der Waals surface area contributed by atoms with E-state index >= 15 is 0 Å². The van der Waals surface area contributed by atoms with E-state index < -0.39 is 0 Å². The molecule has 1 aliphatic rings. The van der Waals surface area contributed by atoms with Crippen molar-refractivity contribution in [1.82, 2.24) is 30.4 Å². The SMILES string of the molecule is C[C@@H](NC(=O)Cc1cc2c(cn1)C(N)=NC2)c1ccccc1.C[C@@H](NC(=O)Cc1cc2c(cn1)c(N)nn2C)c1ccccc1. The molecule has 0 radical (unpaired) electrons. The third-order valence-corrected chi connectivity index (χ3v) is 7.60. The van der Waals surface area contributed by atoms with Crippen molar-refractivity contribution in [3.8, 4) is 0 Å². The van der Waals surface area contributed by atoms with Gasteiger partial charge in [-0.2, -0.15) is 5.10 Å². The highest BCUT2D eigenvalue weighted by molar-refractivity contribution is 6.00. The van der Waals surface area contributed by atoms with E-state index in [-0.39, 0.29) is 36.7 Å². The van der Waals surface area contributed by atoms with Crippen LogP contribution in [0.3, 0.4) is 0 Å². The number of aromatic nitrogens is 4. The number of nitrogens with one attached hydrogen (secondary N) is 2. The Morgan fingerprint density at radius 1 is 0.822 bits per heavy atom. The summed E-state index contributed by atoms with van der Waals surface area (Å²) in [6, 6.07) is 23.4. The number of aliphatic imine (C=N–C) groups is 1. The number of nitrogens with two attached hydrogens (primary N) is 2. The van der Waals surface area contributed by atoms with Crippen LogP contribution in [0.2, 0.25) is 0 Å². The number of rotatable bonds is 8. The second-order valence-corrected chi connectivity index (χ2v) is 11.0. The number of anilines is 1. The summed E-state index contributed by atoms with van der Waals surface area (Å²) in [7, 11) is 1.82. The molecule has 0 fully saturated rings. The molecule has 45 heavy (non-hydrogen) atoms. The Morgan fingerprint density at radius 2 is 1.36 bits per heavy atom. The van der Waals surface area contributed by atoms with E-state index in [0.29, 0.717) is 23.9 Å². The van der Waals surface area contributed by atoms with Crippen LogP contribution in [0.5, 0.6) is 0 Å². The number of hydrogen-bond donors (Lipinski definition) is 4.